The molecule has 0 bridgehead atoms. The fourth-order valence-electron chi connectivity index (χ4n) is 1.43. The van der Waals surface area contributed by atoms with Crippen molar-refractivity contribution in [3.63, 3.8) is 0 Å². The number of amides is 1. The molecule has 1 amide bonds. The average molecular weight is 384 g/mol. The lowest BCUT2D eigenvalue weighted by Gasteiger charge is -2.26. The zero-order chi connectivity index (χ0) is 15.7. The number of hydrogen-bond donors (Lipinski definition) is 0. The first kappa shape index (κ1) is 17.3. The average Bonchev–Trinajstić information content (AvgIpc) is 2.59. The third-order valence-electron chi connectivity index (χ3n) is 2.29. The molecule has 10 heteroatoms. The highest BCUT2D eigenvalue weighted by Gasteiger charge is 2.61. The second-order valence-electron chi connectivity index (χ2n) is 3.94. The maximum absolute atomic E-state index is 12.4. The van der Waals surface area contributed by atoms with Crippen molar-refractivity contribution in [2.45, 2.75) is 18.9 Å². The van der Waals surface area contributed by atoms with Gasteiger partial charge in [-0.05, 0) is 22.0 Å². The van der Waals surface area contributed by atoms with E-state index in [-0.39, 0.29) is 6.54 Å². The van der Waals surface area contributed by atoms with Gasteiger partial charge in [-0.25, -0.2) is 0 Å². The highest BCUT2D eigenvalue weighted by Crippen LogP contribution is 2.40. The summed E-state index contributed by atoms with van der Waals surface area (Å²) < 4.78 is 75.0. The first-order valence-electron chi connectivity index (χ1n) is 5.04. The monoisotopic (exact) mass is 383 g/mol. The largest absolute Gasteiger partial charge is 0.409 e. The maximum Gasteiger partial charge on any atom is 0.409 e. The van der Waals surface area contributed by atoms with Crippen LogP contribution in [0.4, 0.5) is 26.3 Å². The second-order valence-corrected chi connectivity index (χ2v) is 5.85. The molecule has 0 atom stereocenters. The molecule has 20 heavy (non-hydrogen) atoms. The first-order valence-corrected chi connectivity index (χ1v) is 6.71. The molecule has 0 aromatic carbocycles. The Kier molecular flexibility index (Phi) is 5.12. The van der Waals surface area contributed by atoms with E-state index in [9.17, 15) is 31.1 Å². The van der Waals surface area contributed by atoms with E-state index in [0.717, 1.165) is 18.4 Å². The highest BCUT2D eigenvalue weighted by molar-refractivity contribution is 9.10. The van der Waals surface area contributed by atoms with Gasteiger partial charge < -0.3 is 4.90 Å². The molecule has 2 nitrogen and oxygen atoms in total. The van der Waals surface area contributed by atoms with Gasteiger partial charge in [0.1, 0.15) is 0 Å². The summed E-state index contributed by atoms with van der Waals surface area (Å²) in [7, 11) is 0.903. The van der Waals surface area contributed by atoms with Gasteiger partial charge in [-0.15, -0.1) is 11.3 Å². The van der Waals surface area contributed by atoms with Gasteiger partial charge in [0, 0.05) is 21.8 Å². The molecule has 1 heterocycles. The molecule has 0 radical (unpaired) electrons. The quantitative estimate of drug-likeness (QED) is 0.716. The molecule has 0 fully saturated rings. The Bertz CT molecular complexity index is 469. The summed E-state index contributed by atoms with van der Waals surface area (Å²) in [6, 6.07) is 1.52. The van der Waals surface area contributed by atoms with Crippen molar-refractivity contribution in [1.29, 1.82) is 0 Å². The predicted molar refractivity (Wildman–Crippen MR) is 64.1 cm³/mol. The molecule has 1 rings (SSSR count). The topological polar surface area (TPSA) is 20.3 Å². The molecule has 114 valence electrons. The number of alkyl halides is 6. The zero-order valence-electron chi connectivity index (χ0n) is 9.85. The van der Waals surface area contributed by atoms with E-state index in [1.54, 1.807) is 5.38 Å². The molecule has 1 aromatic heterocycles. The standard InChI is InChI=1S/C10H8BrF6NOS/c1-18(3-6-2-5(11)4-20-6)8(19)7(9(12,13)14)10(15,16)17/h2,4,7H,3H2,1H3. The van der Waals surface area contributed by atoms with Gasteiger partial charge in [0.2, 0.25) is 11.8 Å². The molecule has 0 aliphatic carbocycles. The minimum atomic E-state index is -5.67. The number of hydrogen-bond acceptors (Lipinski definition) is 2. The number of rotatable bonds is 3. The SMILES string of the molecule is CN(Cc1cc(Br)cs1)C(=O)C(C(F)(F)F)C(F)(F)F. The molecular formula is C10H8BrF6NOS. The van der Waals surface area contributed by atoms with E-state index in [0.29, 0.717) is 14.2 Å². The van der Waals surface area contributed by atoms with Crippen molar-refractivity contribution in [2.24, 2.45) is 5.92 Å². The van der Waals surface area contributed by atoms with Gasteiger partial charge in [0.05, 0.1) is 6.54 Å². The predicted octanol–water partition coefficient (Wildman–Crippen LogP) is 4.21. The molecule has 0 saturated carbocycles. The fourth-order valence-corrected chi connectivity index (χ4v) is 2.94. The van der Waals surface area contributed by atoms with Gasteiger partial charge in [0.25, 0.3) is 0 Å². The van der Waals surface area contributed by atoms with Crippen LogP contribution < -0.4 is 0 Å². The number of carbonyl (C=O) groups excluding carboxylic acids is 1. The van der Waals surface area contributed by atoms with Crippen LogP contribution in [0.3, 0.4) is 0 Å². The van der Waals surface area contributed by atoms with Gasteiger partial charge in [-0.3, -0.25) is 4.79 Å². The third kappa shape index (κ3) is 4.37. The summed E-state index contributed by atoms with van der Waals surface area (Å²) in [6.45, 7) is -0.322. The molecular weight excluding hydrogens is 376 g/mol. The second kappa shape index (κ2) is 5.92. The minimum absolute atomic E-state index is 0.322. The van der Waals surface area contributed by atoms with Crippen LogP contribution in [-0.2, 0) is 11.3 Å². The van der Waals surface area contributed by atoms with E-state index >= 15 is 0 Å². The summed E-state index contributed by atoms with van der Waals surface area (Å²) in [5.41, 5.74) is 0. The third-order valence-corrected chi connectivity index (χ3v) is 3.97. The summed E-state index contributed by atoms with van der Waals surface area (Å²) >= 11 is 4.22. The van der Waals surface area contributed by atoms with Crippen molar-refractivity contribution < 1.29 is 31.1 Å². The Labute approximate surface area is 122 Å². The minimum Gasteiger partial charge on any atom is -0.340 e. The lowest BCUT2D eigenvalue weighted by molar-refractivity contribution is -0.277. The number of nitrogens with zero attached hydrogens (tertiary/aromatic N) is 1. The molecule has 1 aromatic rings. The van der Waals surface area contributed by atoms with E-state index in [1.807, 2.05) is 0 Å². The first-order chi connectivity index (χ1) is 8.93. The van der Waals surface area contributed by atoms with Crippen molar-refractivity contribution in [3.05, 3.63) is 20.8 Å². The van der Waals surface area contributed by atoms with Crippen LogP contribution >= 0.6 is 27.3 Å². The Balaban J connectivity index is 2.90. The lowest BCUT2D eigenvalue weighted by Crippen LogP contribution is -2.48. The number of thiophene rings is 1. The summed E-state index contributed by atoms with van der Waals surface area (Å²) in [6.07, 6.45) is -11.3. The van der Waals surface area contributed by atoms with Gasteiger partial charge >= 0.3 is 12.4 Å². The van der Waals surface area contributed by atoms with E-state index in [1.165, 1.54) is 6.07 Å². The van der Waals surface area contributed by atoms with E-state index < -0.39 is 24.2 Å². The molecule has 0 saturated heterocycles. The summed E-state index contributed by atoms with van der Waals surface area (Å²) in [4.78, 5) is 12.3. The van der Waals surface area contributed by atoms with Crippen LogP contribution in [-0.4, -0.2) is 30.2 Å². The summed E-state index contributed by atoms with van der Waals surface area (Å²) in [5, 5.41) is 1.61. The Hall–Kier alpha value is -0.770. The molecule has 0 aliphatic heterocycles. The summed E-state index contributed by atoms with van der Waals surface area (Å²) in [5.74, 6) is -6.02. The van der Waals surface area contributed by atoms with Gasteiger partial charge in [0.15, 0.2) is 0 Å². The number of halogens is 7. The Morgan fingerprint density at radius 1 is 1.30 bits per heavy atom. The van der Waals surface area contributed by atoms with E-state index in [4.69, 9.17) is 0 Å². The van der Waals surface area contributed by atoms with E-state index in [2.05, 4.69) is 15.9 Å². The van der Waals surface area contributed by atoms with Gasteiger partial charge in [-0.1, -0.05) is 0 Å². The van der Waals surface area contributed by atoms with Gasteiger partial charge in [-0.2, -0.15) is 26.3 Å². The van der Waals surface area contributed by atoms with Crippen LogP contribution in [0.5, 0.6) is 0 Å². The van der Waals surface area contributed by atoms with Crippen LogP contribution in [0.15, 0.2) is 15.9 Å². The van der Waals surface area contributed by atoms with Crippen molar-refractivity contribution >= 4 is 33.2 Å². The fraction of sp³-hybridized carbons (Fsp3) is 0.500. The Morgan fingerprint density at radius 2 is 1.80 bits per heavy atom. The van der Waals surface area contributed by atoms with Crippen molar-refractivity contribution in [3.8, 4) is 0 Å². The van der Waals surface area contributed by atoms with Crippen LogP contribution in [0.1, 0.15) is 4.88 Å². The highest BCUT2D eigenvalue weighted by atomic mass is 79.9. The lowest BCUT2D eigenvalue weighted by atomic mass is 10.1. The van der Waals surface area contributed by atoms with Crippen molar-refractivity contribution in [1.82, 2.24) is 4.90 Å². The van der Waals surface area contributed by atoms with Crippen LogP contribution in [0.2, 0.25) is 0 Å². The van der Waals surface area contributed by atoms with Crippen LogP contribution in [0, 0.1) is 5.92 Å². The molecule has 0 spiro atoms. The van der Waals surface area contributed by atoms with Crippen molar-refractivity contribution in [2.75, 3.05) is 7.05 Å². The normalized spacial score (nSPS) is 12.8. The zero-order valence-corrected chi connectivity index (χ0v) is 12.3. The maximum atomic E-state index is 12.4. The molecule has 0 N–H and O–H groups in total. The molecule has 0 unspecified atom stereocenters. The molecule has 0 aliphatic rings. The Morgan fingerprint density at radius 3 is 2.15 bits per heavy atom. The van der Waals surface area contributed by atoms with Crippen LogP contribution in [0.25, 0.3) is 0 Å². The number of carbonyl (C=O) groups is 1. The smallest absolute Gasteiger partial charge is 0.340 e.